The van der Waals surface area contributed by atoms with E-state index in [2.05, 4.69) is 19.2 Å². The molecule has 1 aromatic rings. The number of carbonyl (C=O) groups excluding carboxylic acids is 1. The first-order valence-corrected chi connectivity index (χ1v) is 8.35. The Bertz CT molecular complexity index is 422. The van der Waals surface area contributed by atoms with Gasteiger partial charge in [0.05, 0.1) is 12.6 Å². The number of hydrogen-bond acceptors (Lipinski definition) is 4. The number of ether oxygens (including phenoxy) is 1. The third kappa shape index (κ3) is 5.59. The van der Waals surface area contributed by atoms with Crippen LogP contribution in [0.1, 0.15) is 33.1 Å². The number of benzene rings is 1. The summed E-state index contributed by atoms with van der Waals surface area (Å²) in [5, 5.41) is 3.09. The molecule has 0 saturated carbocycles. The van der Waals surface area contributed by atoms with Crippen LogP contribution in [-0.4, -0.2) is 30.9 Å². The highest BCUT2D eigenvalue weighted by molar-refractivity contribution is 7.99. The molecule has 1 rings (SSSR count). The second-order valence-corrected chi connectivity index (χ2v) is 6.18. The van der Waals surface area contributed by atoms with Gasteiger partial charge in [0.15, 0.2) is 0 Å². The van der Waals surface area contributed by atoms with E-state index in [-0.39, 0.29) is 11.4 Å². The van der Waals surface area contributed by atoms with Gasteiger partial charge in [-0.3, -0.25) is 4.79 Å². The SMILES string of the molecule is CCC(CC)(CN)NC(=O)CCSc1ccc(OC)cc1. The molecule has 1 aromatic carbocycles. The van der Waals surface area contributed by atoms with Crippen molar-refractivity contribution in [2.45, 2.75) is 43.5 Å². The fraction of sp³-hybridized carbons (Fsp3) is 0.562. The summed E-state index contributed by atoms with van der Waals surface area (Å²) >= 11 is 1.67. The van der Waals surface area contributed by atoms with Gasteiger partial charge in [0.25, 0.3) is 0 Å². The van der Waals surface area contributed by atoms with Crippen LogP contribution in [0.3, 0.4) is 0 Å². The molecule has 1 amide bonds. The molecule has 0 unspecified atom stereocenters. The Balaban J connectivity index is 2.39. The van der Waals surface area contributed by atoms with Crippen LogP contribution in [0.2, 0.25) is 0 Å². The van der Waals surface area contributed by atoms with Crippen molar-refractivity contribution < 1.29 is 9.53 Å². The summed E-state index contributed by atoms with van der Waals surface area (Å²) in [6, 6.07) is 7.86. The maximum atomic E-state index is 12.0. The molecule has 0 saturated heterocycles. The lowest BCUT2D eigenvalue weighted by Gasteiger charge is -2.31. The Morgan fingerprint density at radius 2 is 1.90 bits per heavy atom. The maximum Gasteiger partial charge on any atom is 0.221 e. The summed E-state index contributed by atoms with van der Waals surface area (Å²) in [7, 11) is 1.65. The predicted molar refractivity (Wildman–Crippen MR) is 88.8 cm³/mol. The first kappa shape index (κ1) is 17.9. The molecule has 0 aliphatic rings. The summed E-state index contributed by atoms with van der Waals surface area (Å²) in [5.74, 6) is 1.67. The molecule has 0 aliphatic heterocycles. The van der Waals surface area contributed by atoms with E-state index in [9.17, 15) is 4.79 Å². The number of thioether (sulfide) groups is 1. The molecule has 0 heterocycles. The van der Waals surface area contributed by atoms with Gasteiger partial charge in [-0.05, 0) is 37.1 Å². The summed E-state index contributed by atoms with van der Waals surface area (Å²) in [6.45, 7) is 4.60. The zero-order valence-electron chi connectivity index (χ0n) is 13.1. The van der Waals surface area contributed by atoms with Crippen LogP contribution in [0.4, 0.5) is 0 Å². The highest BCUT2D eigenvalue weighted by atomic mass is 32.2. The van der Waals surface area contributed by atoms with Crippen LogP contribution in [0.25, 0.3) is 0 Å². The van der Waals surface area contributed by atoms with Crippen molar-refractivity contribution in [1.82, 2.24) is 5.32 Å². The maximum absolute atomic E-state index is 12.0. The Morgan fingerprint density at radius 1 is 1.29 bits per heavy atom. The number of nitrogens with one attached hydrogen (secondary N) is 1. The number of hydrogen-bond donors (Lipinski definition) is 2. The molecule has 0 aromatic heterocycles. The molecule has 3 N–H and O–H groups in total. The topological polar surface area (TPSA) is 64.3 Å². The molecule has 0 spiro atoms. The number of amides is 1. The van der Waals surface area contributed by atoms with Crippen LogP contribution in [0.15, 0.2) is 29.2 Å². The van der Waals surface area contributed by atoms with Crippen LogP contribution in [0, 0.1) is 0 Å². The van der Waals surface area contributed by atoms with E-state index < -0.39 is 0 Å². The van der Waals surface area contributed by atoms with Crippen molar-refractivity contribution in [3.05, 3.63) is 24.3 Å². The summed E-state index contributed by atoms with van der Waals surface area (Å²) in [5.41, 5.74) is 5.54. The lowest BCUT2D eigenvalue weighted by Crippen LogP contribution is -2.52. The van der Waals surface area contributed by atoms with Gasteiger partial charge in [-0.25, -0.2) is 0 Å². The minimum Gasteiger partial charge on any atom is -0.497 e. The first-order valence-electron chi connectivity index (χ1n) is 7.37. The monoisotopic (exact) mass is 310 g/mol. The normalized spacial score (nSPS) is 11.2. The predicted octanol–water partition coefficient (Wildman–Crippen LogP) is 2.81. The highest BCUT2D eigenvalue weighted by Crippen LogP contribution is 2.22. The second-order valence-electron chi connectivity index (χ2n) is 5.01. The van der Waals surface area contributed by atoms with E-state index in [0.29, 0.717) is 13.0 Å². The fourth-order valence-corrected chi connectivity index (χ4v) is 2.91. The third-order valence-corrected chi connectivity index (χ3v) is 4.82. The third-order valence-electron chi connectivity index (χ3n) is 3.81. The summed E-state index contributed by atoms with van der Waals surface area (Å²) < 4.78 is 5.12. The number of methoxy groups -OCH3 is 1. The van der Waals surface area contributed by atoms with Crippen LogP contribution < -0.4 is 15.8 Å². The van der Waals surface area contributed by atoms with Gasteiger partial charge < -0.3 is 15.8 Å². The molecular weight excluding hydrogens is 284 g/mol. The van der Waals surface area contributed by atoms with Crippen molar-refractivity contribution in [1.29, 1.82) is 0 Å². The van der Waals surface area contributed by atoms with Crippen molar-refractivity contribution in [2.75, 3.05) is 19.4 Å². The van der Waals surface area contributed by atoms with Crippen LogP contribution in [0.5, 0.6) is 5.75 Å². The molecule has 0 aliphatic carbocycles. The molecule has 0 fully saturated rings. The van der Waals surface area contributed by atoms with E-state index in [0.717, 1.165) is 29.2 Å². The largest absolute Gasteiger partial charge is 0.497 e. The van der Waals surface area contributed by atoms with E-state index in [1.165, 1.54) is 0 Å². The Morgan fingerprint density at radius 3 is 2.38 bits per heavy atom. The van der Waals surface area contributed by atoms with Crippen molar-refractivity contribution >= 4 is 17.7 Å². The van der Waals surface area contributed by atoms with E-state index in [1.807, 2.05) is 24.3 Å². The average molecular weight is 310 g/mol. The number of carbonyl (C=O) groups is 1. The average Bonchev–Trinajstić information content (AvgIpc) is 2.53. The fourth-order valence-electron chi connectivity index (χ4n) is 2.06. The lowest BCUT2D eigenvalue weighted by molar-refractivity contribution is -0.122. The number of rotatable bonds is 9. The van der Waals surface area contributed by atoms with E-state index >= 15 is 0 Å². The minimum absolute atomic E-state index is 0.0742. The lowest BCUT2D eigenvalue weighted by atomic mass is 9.93. The van der Waals surface area contributed by atoms with Crippen molar-refractivity contribution in [3.8, 4) is 5.75 Å². The first-order chi connectivity index (χ1) is 10.1. The summed E-state index contributed by atoms with van der Waals surface area (Å²) in [6.07, 6.45) is 2.22. The Hall–Kier alpha value is -1.20. The quantitative estimate of drug-likeness (QED) is 0.688. The summed E-state index contributed by atoms with van der Waals surface area (Å²) in [4.78, 5) is 13.2. The zero-order valence-corrected chi connectivity index (χ0v) is 14.0. The zero-order chi connectivity index (χ0) is 15.7. The molecular formula is C16H26N2O2S. The standard InChI is InChI=1S/C16H26N2O2S/c1-4-16(5-2,12-17)18-15(19)10-11-21-14-8-6-13(20-3)7-9-14/h6-9H,4-5,10-12,17H2,1-3H3,(H,18,19). The van der Waals surface area contributed by atoms with Crippen LogP contribution in [-0.2, 0) is 4.79 Å². The molecule has 21 heavy (non-hydrogen) atoms. The van der Waals surface area contributed by atoms with Crippen LogP contribution >= 0.6 is 11.8 Å². The van der Waals surface area contributed by atoms with Gasteiger partial charge in [0, 0.05) is 23.6 Å². The van der Waals surface area contributed by atoms with E-state index in [4.69, 9.17) is 10.5 Å². The minimum atomic E-state index is -0.248. The van der Waals surface area contributed by atoms with Crippen molar-refractivity contribution in [2.24, 2.45) is 5.73 Å². The highest BCUT2D eigenvalue weighted by Gasteiger charge is 2.25. The molecule has 4 nitrogen and oxygen atoms in total. The van der Waals surface area contributed by atoms with Gasteiger partial charge in [-0.15, -0.1) is 11.8 Å². The van der Waals surface area contributed by atoms with Gasteiger partial charge in [0.2, 0.25) is 5.91 Å². The van der Waals surface area contributed by atoms with Crippen molar-refractivity contribution in [3.63, 3.8) is 0 Å². The van der Waals surface area contributed by atoms with Gasteiger partial charge in [0.1, 0.15) is 5.75 Å². The molecule has 5 heteroatoms. The molecule has 0 radical (unpaired) electrons. The Labute approximate surface area is 131 Å². The van der Waals surface area contributed by atoms with Gasteiger partial charge >= 0.3 is 0 Å². The molecule has 118 valence electrons. The van der Waals surface area contributed by atoms with Gasteiger partial charge in [-0.1, -0.05) is 13.8 Å². The molecule has 0 atom stereocenters. The molecule has 0 bridgehead atoms. The van der Waals surface area contributed by atoms with E-state index in [1.54, 1.807) is 18.9 Å². The van der Waals surface area contributed by atoms with Gasteiger partial charge in [-0.2, -0.15) is 0 Å². The second kappa shape index (κ2) is 8.95. The smallest absolute Gasteiger partial charge is 0.221 e. The Kier molecular flexibility index (Phi) is 7.61. The number of nitrogens with two attached hydrogens (primary N) is 1.